The lowest BCUT2D eigenvalue weighted by molar-refractivity contribution is 1.04. The third kappa shape index (κ3) is 0.719. The smallest absolute Gasteiger partial charge is 0.181 e. The van der Waals surface area contributed by atoms with Gasteiger partial charge in [0.2, 0.25) is 0 Å². The molecule has 1 radical (unpaired) electrons. The van der Waals surface area contributed by atoms with Gasteiger partial charge in [0.25, 0.3) is 0 Å². The van der Waals surface area contributed by atoms with Crippen molar-refractivity contribution in [2.75, 3.05) is 0 Å². The average Bonchev–Trinajstić information content (AvgIpc) is 2.05. The first-order valence-electron chi connectivity index (χ1n) is 2.91. The predicted molar refractivity (Wildman–Crippen MR) is 36.2 cm³/mol. The molecule has 0 spiro atoms. The molecule has 0 aliphatic heterocycles. The van der Waals surface area contributed by atoms with Crippen LogP contribution in [0.1, 0.15) is 0 Å². The minimum atomic E-state index is 0.668. The van der Waals surface area contributed by atoms with Crippen LogP contribution in [-0.4, -0.2) is 15.2 Å². The molecule has 3 heteroatoms. The average molecular weight is 130 g/mol. The van der Waals surface area contributed by atoms with Gasteiger partial charge in [-0.15, -0.1) is 10.2 Å². The van der Waals surface area contributed by atoms with Crippen molar-refractivity contribution in [1.82, 2.24) is 15.2 Å². The Morgan fingerprint density at radius 1 is 1.40 bits per heavy atom. The molecule has 0 atom stereocenters. The summed E-state index contributed by atoms with van der Waals surface area (Å²) in [5.41, 5.74) is 0.668. The van der Waals surface area contributed by atoms with E-state index in [0.717, 1.165) is 5.39 Å². The number of fused-ring (bicyclic) bond motifs is 1. The maximum atomic E-state index is 3.99. The molecule has 2 rings (SSSR count). The van der Waals surface area contributed by atoms with Crippen molar-refractivity contribution >= 4 is 11.0 Å². The van der Waals surface area contributed by atoms with Crippen LogP contribution in [0.15, 0.2) is 24.4 Å². The first-order valence-corrected chi connectivity index (χ1v) is 2.91. The topological polar surface area (TPSA) is 38.7 Å². The van der Waals surface area contributed by atoms with Gasteiger partial charge < -0.3 is 0 Å². The second kappa shape index (κ2) is 2.02. The fraction of sp³-hybridized carbons (Fsp3) is 0. The minimum Gasteiger partial charge on any atom is -0.235 e. The second-order valence-corrected chi connectivity index (χ2v) is 1.89. The summed E-state index contributed by atoms with van der Waals surface area (Å²) in [6.45, 7) is 0. The summed E-state index contributed by atoms with van der Waals surface area (Å²) in [7, 11) is 0. The van der Waals surface area contributed by atoms with E-state index in [-0.39, 0.29) is 0 Å². The van der Waals surface area contributed by atoms with Crippen molar-refractivity contribution in [3.63, 3.8) is 0 Å². The molecular weight excluding hydrogens is 126 g/mol. The highest BCUT2D eigenvalue weighted by Gasteiger charge is 1.89. The van der Waals surface area contributed by atoms with Crippen LogP contribution >= 0.6 is 0 Å². The molecule has 0 bridgehead atoms. The van der Waals surface area contributed by atoms with Gasteiger partial charge in [0.05, 0.1) is 0 Å². The fourth-order valence-electron chi connectivity index (χ4n) is 0.780. The van der Waals surface area contributed by atoms with Crippen molar-refractivity contribution < 1.29 is 0 Å². The Hall–Kier alpha value is -1.51. The van der Waals surface area contributed by atoms with Gasteiger partial charge in [0, 0.05) is 11.6 Å². The van der Waals surface area contributed by atoms with E-state index in [1.807, 2.05) is 12.1 Å². The van der Waals surface area contributed by atoms with Crippen LogP contribution in [0.4, 0.5) is 0 Å². The summed E-state index contributed by atoms with van der Waals surface area (Å²) < 4.78 is 0. The molecular formula is C7H4N3. The molecule has 0 amide bonds. The van der Waals surface area contributed by atoms with Gasteiger partial charge in [-0.25, -0.2) is 4.98 Å². The van der Waals surface area contributed by atoms with Gasteiger partial charge >= 0.3 is 0 Å². The second-order valence-electron chi connectivity index (χ2n) is 1.89. The molecule has 2 aromatic heterocycles. The zero-order chi connectivity index (χ0) is 6.81. The summed E-state index contributed by atoms with van der Waals surface area (Å²) in [5.74, 6) is 0. The molecule has 0 aliphatic rings. The van der Waals surface area contributed by atoms with Crippen LogP contribution in [0.3, 0.4) is 0 Å². The molecule has 0 aliphatic carbocycles. The zero-order valence-electron chi connectivity index (χ0n) is 5.15. The third-order valence-corrected chi connectivity index (χ3v) is 1.24. The number of hydrogen-bond acceptors (Lipinski definition) is 3. The molecule has 47 valence electrons. The number of rotatable bonds is 0. The van der Waals surface area contributed by atoms with Crippen molar-refractivity contribution in [2.45, 2.75) is 0 Å². The van der Waals surface area contributed by atoms with Gasteiger partial charge in [0.1, 0.15) is 6.20 Å². The molecule has 0 saturated carbocycles. The van der Waals surface area contributed by atoms with E-state index in [1.165, 1.54) is 0 Å². The lowest BCUT2D eigenvalue weighted by Gasteiger charge is -1.88. The zero-order valence-corrected chi connectivity index (χ0v) is 5.15. The molecule has 10 heavy (non-hydrogen) atoms. The molecule has 0 aromatic carbocycles. The third-order valence-electron chi connectivity index (χ3n) is 1.24. The molecule has 3 nitrogen and oxygen atoms in total. The largest absolute Gasteiger partial charge is 0.235 e. The van der Waals surface area contributed by atoms with E-state index in [9.17, 15) is 0 Å². The molecule has 0 saturated heterocycles. The van der Waals surface area contributed by atoms with Gasteiger partial charge in [-0.3, -0.25) is 0 Å². The van der Waals surface area contributed by atoms with Gasteiger partial charge in [-0.2, -0.15) is 0 Å². The fourth-order valence-corrected chi connectivity index (χ4v) is 0.780. The van der Waals surface area contributed by atoms with E-state index in [4.69, 9.17) is 0 Å². The molecule has 0 unspecified atom stereocenters. The summed E-state index contributed by atoms with van der Waals surface area (Å²) in [6, 6.07) is 5.54. The van der Waals surface area contributed by atoms with Gasteiger partial charge in [-0.1, -0.05) is 0 Å². The van der Waals surface area contributed by atoms with Crippen LogP contribution in [0.2, 0.25) is 0 Å². The first kappa shape index (κ1) is 5.29. The lowest BCUT2D eigenvalue weighted by atomic mass is 10.3. The highest BCUT2D eigenvalue weighted by molar-refractivity contribution is 5.72. The number of aromatic nitrogens is 3. The summed E-state index contributed by atoms with van der Waals surface area (Å²) in [5, 5.41) is 8.31. The Balaban J connectivity index is 2.89. The van der Waals surface area contributed by atoms with Crippen LogP contribution in [0, 0.1) is 6.20 Å². The van der Waals surface area contributed by atoms with Crippen LogP contribution in [-0.2, 0) is 0 Å². The number of hydrogen-bond donors (Lipinski definition) is 0. The van der Waals surface area contributed by atoms with E-state index >= 15 is 0 Å². The van der Waals surface area contributed by atoms with E-state index in [0.29, 0.717) is 5.65 Å². The number of pyridine rings is 1. The minimum absolute atomic E-state index is 0.668. The predicted octanol–water partition coefficient (Wildman–Crippen LogP) is 0.825. The first-order chi connectivity index (χ1) is 4.97. The van der Waals surface area contributed by atoms with Crippen molar-refractivity contribution in [2.24, 2.45) is 0 Å². The van der Waals surface area contributed by atoms with Crippen LogP contribution in [0.5, 0.6) is 0 Å². The molecule has 0 fully saturated rings. The van der Waals surface area contributed by atoms with Crippen molar-refractivity contribution in [3.8, 4) is 0 Å². The Morgan fingerprint density at radius 3 is 3.30 bits per heavy atom. The molecule has 0 N–H and O–H groups in total. The molecule has 2 heterocycles. The Bertz CT molecular complexity index is 280. The standard InChI is InChI=1S/C7H4N3/c1-2-6-3-5-9-10-7(6)8-4-1/h1-4H. The van der Waals surface area contributed by atoms with Crippen LogP contribution < -0.4 is 0 Å². The lowest BCUT2D eigenvalue weighted by Crippen LogP contribution is -1.84. The SMILES string of the molecule is [c]1cc2cccnc2nn1. The maximum Gasteiger partial charge on any atom is 0.181 e. The Morgan fingerprint density at radius 2 is 2.40 bits per heavy atom. The highest BCUT2D eigenvalue weighted by Crippen LogP contribution is 2.02. The van der Waals surface area contributed by atoms with E-state index in [1.54, 1.807) is 12.3 Å². The summed E-state index contributed by atoms with van der Waals surface area (Å²) in [6.07, 6.45) is 4.33. The summed E-state index contributed by atoms with van der Waals surface area (Å²) in [4.78, 5) is 3.99. The Kier molecular flexibility index (Phi) is 1.07. The highest BCUT2D eigenvalue weighted by atomic mass is 15.1. The van der Waals surface area contributed by atoms with Crippen LogP contribution in [0.25, 0.3) is 11.0 Å². The summed E-state index contributed by atoms with van der Waals surface area (Å²) >= 11 is 0. The maximum absolute atomic E-state index is 3.99. The Labute approximate surface area is 57.7 Å². The monoisotopic (exact) mass is 130 g/mol. The van der Waals surface area contributed by atoms with E-state index in [2.05, 4.69) is 21.4 Å². The van der Waals surface area contributed by atoms with Gasteiger partial charge in [-0.05, 0) is 18.2 Å². The van der Waals surface area contributed by atoms with Crippen molar-refractivity contribution in [1.29, 1.82) is 0 Å². The number of nitrogens with zero attached hydrogens (tertiary/aromatic N) is 3. The van der Waals surface area contributed by atoms with Crippen molar-refractivity contribution in [3.05, 3.63) is 30.6 Å². The van der Waals surface area contributed by atoms with Gasteiger partial charge in [0.15, 0.2) is 5.65 Å². The van der Waals surface area contributed by atoms with E-state index < -0.39 is 0 Å². The molecule has 2 aromatic rings. The quantitative estimate of drug-likeness (QED) is 0.530. The normalized spacial score (nSPS) is 10.0.